The molecule has 0 aromatic rings. The van der Waals surface area contributed by atoms with Gasteiger partial charge < -0.3 is 18.9 Å². The Bertz CT molecular complexity index is 269. The molecule has 19 heavy (non-hydrogen) atoms. The molecule has 0 aromatic carbocycles. The predicted molar refractivity (Wildman–Crippen MR) is 70.7 cm³/mol. The van der Waals surface area contributed by atoms with Gasteiger partial charge in [0.15, 0.2) is 12.4 Å². The summed E-state index contributed by atoms with van der Waals surface area (Å²) in [6.45, 7) is 9.95. The monoisotopic (exact) mass is 274 g/mol. The number of hydrogen-bond donors (Lipinski definition) is 0. The van der Waals surface area contributed by atoms with Crippen LogP contribution in [-0.4, -0.2) is 44.8 Å². The van der Waals surface area contributed by atoms with Crippen molar-refractivity contribution in [2.45, 2.75) is 46.5 Å². The summed E-state index contributed by atoms with van der Waals surface area (Å²) in [5.74, 6) is 0.269. The molecule has 1 aliphatic rings. The van der Waals surface area contributed by atoms with Crippen LogP contribution in [0.3, 0.4) is 0 Å². The van der Waals surface area contributed by atoms with Gasteiger partial charge in [-0.05, 0) is 12.3 Å². The Morgan fingerprint density at radius 1 is 1.26 bits per heavy atom. The van der Waals surface area contributed by atoms with Gasteiger partial charge in [0, 0.05) is 19.4 Å². The van der Waals surface area contributed by atoms with Crippen molar-refractivity contribution in [1.82, 2.24) is 0 Å². The van der Waals surface area contributed by atoms with Crippen molar-refractivity contribution < 1.29 is 23.7 Å². The van der Waals surface area contributed by atoms with E-state index in [1.807, 2.05) is 0 Å². The maximum atomic E-state index is 11.2. The van der Waals surface area contributed by atoms with Crippen LogP contribution in [0.15, 0.2) is 0 Å². The van der Waals surface area contributed by atoms with Crippen LogP contribution in [0.25, 0.3) is 0 Å². The van der Waals surface area contributed by atoms with Gasteiger partial charge in [0.05, 0.1) is 19.8 Å². The summed E-state index contributed by atoms with van der Waals surface area (Å²) in [6.07, 6.45) is 0.164. The zero-order valence-electron chi connectivity index (χ0n) is 12.4. The molecular weight excluding hydrogens is 248 g/mol. The summed E-state index contributed by atoms with van der Waals surface area (Å²) in [6, 6.07) is 0. The highest BCUT2D eigenvalue weighted by molar-refractivity contribution is 5.66. The first-order valence-electron chi connectivity index (χ1n) is 7.04. The molecule has 1 saturated heterocycles. The van der Waals surface area contributed by atoms with Crippen molar-refractivity contribution in [1.29, 1.82) is 0 Å². The Morgan fingerprint density at radius 2 is 2.00 bits per heavy atom. The Hall–Kier alpha value is -0.650. The number of ether oxygens (including phenoxy) is 4. The normalized spacial score (nSPS) is 31.2. The van der Waals surface area contributed by atoms with Gasteiger partial charge >= 0.3 is 5.97 Å². The molecule has 1 fully saturated rings. The maximum Gasteiger partial charge on any atom is 0.303 e. The van der Waals surface area contributed by atoms with Gasteiger partial charge in [0.25, 0.3) is 0 Å². The molecule has 0 aromatic heterocycles. The van der Waals surface area contributed by atoms with Crippen LogP contribution in [0.4, 0.5) is 0 Å². The number of carbonyl (C=O) groups excluding carboxylic acids is 1. The lowest BCUT2D eigenvalue weighted by Gasteiger charge is -2.38. The van der Waals surface area contributed by atoms with Crippen LogP contribution in [0, 0.1) is 11.8 Å². The van der Waals surface area contributed by atoms with E-state index >= 15 is 0 Å². The SMILES string of the molecule is CCCOCCO[C@@H]1OC[C@@H](C)C(C)[C@@H]1OC(C)=O. The summed E-state index contributed by atoms with van der Waals surface area (Å²) >= 11 is 0. The highest BCUT2D eigenvalue weighted by Gasteiger charge is 2.38. The fraction of sp³-hybridized carbons (Fsp3) is 0.929. The van der Waals surface area contributed by atoms with E-state index in [0.717, 1.165) is 13.0 Å². The maximum absolute atomic E-state index is 11.2. The first-order chi connectivity index (χ1) is 9.06. The Labute approximate surface area is 115 Å². The van der Waals surface area contributed by atoms with Crippen LogP contribution in [0.1, 0.15) is 34.1 Å². The van der Waals surface area contributed by atoms with Crippen molar-refractivity contribution >= 4 is 5.97 Å². The van der Waals surface area contributed by atoms with Gasteiger partial charge in [-0.3, -0.25) is 4.79 Å². The molecule has 5 heteroatoms. The van der Waals surface area contributed by atoms with E-state index in [1.165, 1.54) is 6.92 Å². The van der Waals surface area contributed by atoms with E-state index in [0.29, 0.717) is 25.7 Å². The van der Waals surface area contributed by atoms with Crippen LogP contribution in [0.2, 0.25) is 0 Å². The zero-order valence-corrected chi connectivity index (χ0v) is 12.4. The number of hydrogen-bond acceptors (Lipinski definition) is 5. The lowest BCUT2D eigenvalue weighted by atomic mass is 9.88. The van der Waals surface area contributed by atoms with Gasteiger partial charge in [0.2, 0.25) is 0 Å². The van der Waals surface area contributed by atoms with Crippen LogP contribution < -0.4 is 0 Å². The molecular formula is C14H26O5. The van der Waals surface area contributed by atoms with E-state index < -0.39 is 6.29 Å². The number of carbonyl (C=O) groups is 1. The summed E-state index contributed by atoms with van der Waals surface area (Å²) in [5, 5.41) is 0. The second-order valence-corrected chi connectivity index (χ2v) is 5.10. The molecule has 5 nitrogen and oxygen atoms in total. The number of rotatable bonds is 7. The first-order valence-corrected chi connectivity index (χ1v) is 7.04. The third kappa shape index (κ3) is 5.47. The molecule has 0 radical (unpaired) electrons. The molecule has 1 aliphatic heterocycles. The van der Waals surface area contributed by atoms with Crippen LogP contribution >= 0.6 is 0 Å². The van der Waals surface area contributed by atoms with E-state index in [4.69, 9.17) is 18.9 Å². The third-order valence-corrected chi connectivity index (χ3v) is 3.37. The Morgan fingerprint density at radius 3 is 2.63 bits per heavy atom. The predicted octanol–water partition coefficient (Wildman–Crippen LogP) is 1.99. The molecule has 1 rings (SSSR count). The van der Waals surface area contributed by atoms with Gasteiger partial charge in [-0.2, -0.15) is 0 Å². The summed E-state index contributed by atoms with van der Waals surface area (Å²) < 4.78 is 21.9. The molecule has 4 atom stereocenters. The Kier molecular flexibility index (Phi) is 7.34. The highest BCUT2D eigenvalue weighted by Crippen LogP contribution is 2.28. The van der Waals surface area contributed by atoms with Crippen molar-refractivity contribution in [2.24, 2.45) is 11.8 Å². The fourth-order valence-corrected chi connectivity index (χ4v) is 2.03. The zero-order chi connectivity index (χ0) is 14.3. The Balaban J connectivity index is 2.41. The van der Waals surface area contributed by atoms with Crippen molar-refractivity contribution in [2.75, 3.05) is 26.4 Å². The van der Waals surface area contributed by atoms with E-state index in [2.05, 4.69) is 20.8 Å². The molecule has 0 saturated carbocycles. The summed E-state index contributed by atoms with van der Waals surface area (Å²) in [4.78, 5) is 11.2. The molecule has 0 aliphatic carbocycles. The van der Waals surface area contributed by atoms with Crippen molar-refractivity contribution in [3.8, 4) is 0 Å². The lowest BCUT2D eigenvalue weighted by molar-refractivity contribution is -0.252. The quantitative estimate of drug-likeness (QED) is 0.525. The minimum Gasteiger partial charge on any atom is -0.457 e. The second-order valence-electron chi connectivity index (χ2n) is 5.10. The molecule has 1 unspecified atom stereocenters. The van der Waals surface area contributed by atoms with Gasteiger partial charge in [-0.15, -0.1) is 0 Å². The minimum atomic E-state index is -0.486. The minimum absolute atomic E-state index is 0.221. The third-order valence-electron chi connectivity index (χ3n) is 3.37. The van der Waals surface area contributed by atoms with Gasteiger partial charge in [0.1, 0.15) is 0 Å². The molecule has 0 bridgehead atoms. The topological polar surface area (TPSA) is 54.0 Å². The smallest absolute Gasteiger partial charge is 0.303 e. The second kappa shape index (κ2) is 8.51. The number of esters is 1. The largest absolute Gasteiger partial charge is 0.457 e. The summed E-state index contributed by atoms with van der Waals surface area (Å²) in [7, 11) is 0. The average molecular weight is 274 g/mol. The lowest BCUT2D eigenvalue weighted by Crippen LogP contribution is -2.48. The van der Waals surface area contributed by atoms with Gasteiger partial charge in [-0.1, -0.05) is 20.8 Å². The molecule has 112 valence electrons. The first kappa shape index (κ1) is 16.4. The van der Waals surface area contributed by atoms with Crippen molar-refractivity contribution in [3.63, 3.8) is 0 Å². The van der Waals surface area contributed by atoms with Gasteiger partial charge in [-0.25, -0.2) is 0 Å². The van der Waals surface area contributed by atoms with E-state index in [1.54, 1.807) is 0 Å². The van der Waals surface area contributed by atoms with Crippen molar-refractivity contribution in [3.05, 3.63) is 0 Å². The highest BCUT2D eigenvalue weighted by atomic mass is 16.7. The van der Waals surface area contributed by atoms with E-state index in [-0.39, 0.29) is 18.0 Å². The molecule has 0 spiro atoms. The summed E-state index contributed by atoms with van der Waals surface area (Å²) in [5.41, 5.74) is 0. The molecule has 1 heterocycles. The standard InChI is InChI=1S/C14H26O5/c1-5-6-16-7-8-17-14-13(19-12(4)15)11(3)10(2)9-18-14/h10-11,13-14H,5-9H2,1-4H3/t10-,11?,13+,14-/m1/s1. The fourth-order valence-electron chi connectivity index (χ4n) is 2.03. The van der Waals surface area contributed by atoms with Crippen LogP contribution in [-0.2, 0) is 23.7 Å². The molecule has 0 amide bonds. The molecule has 0 N–H and O–H groups in total. The average Bonchev–Trinajstić information content (AvgIpc) is 2.36. The van der Waals surface area contributed by atoms with Crippen LogP contribution in [0.5, 0.6) is 0 Å². The van der Waals surface area contributed by atoms with E-state index in [9.17, 15) is 4.79 Å².